The van der Waals surface area contributed by atoms with Crippen molar-refractivity contribution < 1.29 is 14.3 Å². The molecule has 6 heteroatoms. The molecule has 0 aromatic rings. The van der Waals surface area contributed by atoms with E-state index in [9.17, 15) is 9.59 Å². The summed E-state index contributed by atoms with van der Waals surface area (Å²) in [6, 6.07) is -0.550. The van der Waals surface area contributed by atoms with Gasteiger partial charge in [0.1, 0.15) is 6.04 Å². The lowest BCUT2D eigenvalue weighted by atomic mass is 10.3. The minimum Gasteiger partial charge on any atom is -0.464 e. The van der Waals surface area contributed by atoms with E-state index in [1.807, 2.05) is 0 Å². The van der Waals surface area contributed by atoms with E-state index in [2.05, 4.69) is 5.32 Å². The van der Waals surface area contributed by atoms with E-state index in [1.54, 1.807) is 23.6 Å². The van der Waals surface area contributed by atoms with Gasteiger partial charge >= 0.3 is 12.0 Å². The maximum atomic E-state index is 11.5. The molecule has 78 valence electrons. The number of rotatable bonds is 2. The smallest absolute Gasteiger partial charge is 0.329 e. The van der Waals surface area contributed by atoms with Crippen LogP contribution in [0.15, 0.2) is 0 Å². The predicted octanol–water partition coefficient (Wildman–Crippen LogP) is 0.0162. The molecule has 2 atom stereocenters. The molecule has 0 aromatic heterocycles. The van der Waals surface area contributed by atoms with Crippen molar-refractivity contribution in [3.63, 3.8) is 0 Å². The lowest BCUT2D eigenvalue weighted by Crippen LogP contribution is -2.43. The van der Waals surface area contributed by atoms with Gasteiger partial charge in [0, 0.05) is 12.3 Å². The molecule has 0 bridgehead atoms. The molecule has 2 saturated heterocycles. The Morgan fingerprint density at radius 3 is 3.29 bits per heavy atom. The summed E-state index contributed by atoms with van der Waals surface area (Å²) >= 11 is 1.62. The molecule has 2 aliphatic heterocycles. The van der Waals surface area contributed by atoms with E-state index < -0.39 is 6.04 Å². The molecule has 2 fully saturated rings. The minimum atomic E-state index is -0.396. The van der Waals surface area contributed by atoms with Gasteiger partial charge in [-0.1, -0.05) is 0 Å². The van der Waals surface area contributed by atoms with Crippen LogP contribution in [0.25, 0.3) is 0 Å². The van der Waals surface area contributed by atoms with Crippen LogP contribution in [0.3, 0.4) is 0 Å². The van der Waals surface area contributed by atoms with E-state index in [-0.39, 0.29) is 17.4 Å². The first kappa shape index (κ1) is 9.64. The number of nitrogens with zero attached hydrogens (tertiary/aromatic N) is 1. The molecular formula is C8H12N2O3S. The molecule has 0 saturated carbocycles. The number of hydrogen-bond donors (Lipinski definition) is 1. The second-order valence-corrected chi connectivity index (χ2v) is 4.36. The monoisotopic (exact) mass is 216 g/mol. The predicted molar refractivity (Wildman–Crippen MR) is 51.9 cm³/mol. The summed E-state index contributed by atoms with van der Waals surface area (Å²) in [5.41, 5.74) is 0. The second kappa shape index (κ2) is 3.68. The van der Waals surface area contributed by atoms with Gasteiger partial charge in [0.05, 0.1) is 12.0 Å². The number of hydrogen-bond acceptors (Lipinski definition) is 4. The van der Waals surface area contributed by atoms with Crippen molar-refractivity contribution in [1.82, 2.24) is 10.2 Å². The third-order valence-corrected chi connectivity index (χ3v) is 3.60. The average molecular weight is 216 g/mol. The molecule has 5 nitrogen and oxygen atoms in total. The lowest BCUT2D eigenvalue weighted by molar-refractivity contribution is -0.147. The topological polar surface area (TPSA) is 58.6 Å². The molecule has 2 aliphatic rings. The molecule has 0 radical (unpaired) electrons. The van der Waals surface area contributed by atoms with Gasteiger partial charge in [0.15, 0.2) is 0 Å². The summed E-state index contributed by atoms with van der Waals surface area (Å²) in [4.78, 5) is 24.4. The van der Waals surface area contributed by atoms with Crippen molar-refractivity contribution in [2.24, 2.45) is 0 Å². The molecule has 0 spiro atoms. The molecule has 2 rings (SSSR count). The first-order chi connectivity index (χ1) is 6.74. The summed E-state index contributed by atoms with van der Waals surface area (Å²) in [6.07, 6.45) is 0. The Labute approximate surface area is 86.2 Å². The Morgan fingerprint density at radius 2 is 2.57 bits per heavy atom. The van der Waals surface area contributed by atoms with Crippen LogP contribution in [0, 0.1) is 0 Å². The molecule has 0 aromatic carbocycles. The SMILES string of the molecule is CCOC(=O)[C@H]1CSC2CNC(=O)N21. The van der Waals surface area contributed by atoms with Gasteiger partial charge in [-0.25, -0.2) is 9.59 Å². The summed E-state index contributed by atoms with van der Waals surface area (Å²) < 4.78 is 4.91. The molecule has 2 amide bonds. The van der Waals surface area contributed by atoms with Crippen molar-refractivity contribution in [3.05, 3.63) is 0 Å². The van der Waals surface area contributed by atoms with Gasteiger partial charge < -0.3 is 10.1 Å². The van der Waals surface area contributed by atoms with Crippen LogP contribution in [0.4, 0.5) is 4.79 Å². The third kappa shape index (κ3) is 1.43. The van der Waals surface area contributed by atoms with E-state index in [0.29, 0.717) is 18.9 Å². The fourth-order valence-corrected chi connectivity index (χ4v) is 2.98. The second-order valence-electron chi connectivity index (χ2n) is 3.15. The lowest BCUT2D eigenvalue weighted by Gasteiger charge is -2.19. The molecule has 1 unspecified atom stereocenters. The molecule has 2 heterocycles. The van der Waals surface area contributed by atoms with Crippen LogP contribution in [-0.4, -0.2) is 47.2 Å². The number of esters is 1. The van der Waals surface area contributed by atoms with E-state index in [1.165, 1.54) is 0 Å². The highest BCUT2D eigenvalue weighted by molar-refractivity contribution is 8.00. The Hall–Kier alpha value is -0.910. The zero-order valence-electron chi connectivity index (χ0n) is 7.86. The maximum absolute atomic E-state index is 11.5. The van der Waals surface area contributed by atoms with Crippen LogP contribution in [0.2, 0.25) is 0 Å². The van der Waals surface area contributed by atoms with E-state index >= 15 is 0 Å². The number of amides is 2. The molecule has 1 N–H and O–H groups in total. The van der Waals surface area contributed by atoms with Crippen LogP contribution >= 0.6 is 11.8 Å². The van der Waals surface area contributed by atoms with Gasteiger partial charge in [-0.15, -0.1) is 11.8 Å². The number of ether oxygens (including phenoxy) is 1. The van der Waals surface area contributed by atoms with Crippen molar-refractivity contribution in [1.29, 1.82) is 0 Å². The highest BCUT2D eigenvalue weighted by Gasteiger charge is 2.45. The summed E-state index contributed by atoms with van der Waals surface area (Å²) in [7, 11) is 0. The van der Waals surface area contributed by atoms with E-state index in [4.69, 9.17) is 4.74 Å². The van der Waals surface area contributed by atoms with Crippen molar-refractivity contribution in [3.8, 4) is 0 Å². The average Bonchev–Trinajstić information content (AvgIpc) is 2.70. The van der Waals surface area contributed by atoms with Crippen LogP contribution in [-0.2, 0) is 9.53 Å². The Bertz CT molecular complexity index is 271. The van der Waals surface area contributed by atoms with Gasteiger partial charge in [-0.3, -0.25) is 4.90 Å². The minimum absolute atomic E-state index is 0.108. The Kier molecular flexibility index (Phi) is 2.54. The highest BCUT2D eigenvalue weighted by Crippen LogP contribution is 2.32. The summed E-state index contributed by atoms with van der Waals surface area (Å²) in [6.45, 7) is 2.75. The van der Waals surface area contributed by atoms with Crippen LogP contribution < -0.4 is 5.32 Å². The fourth-order valence-electron chi connectivity index (χ4n) is 1.68. The van der Waals surface area contributed by atoms with Crippen molar-refractivity contribution in [2.45, 2.75) is 18.3 Å². The standard InChI is InChI=1S/C8H12N2O3S/c1-2-13-7(11)5-4-14-6-3-9-8(12)10(5)6/h5-6H,2-4H2,1H3,(H,9,12)/t5-,6?/m1/s1. The number of urea groups is 1. The summed E-state index contributed by atoms with van der Waals surface area (Å²) in [5.74, 6) is 0.358. The zero-order chi connectivity index (χ0) is 10.1. The Morgan fingerprint density at radius 1 is 1.79 bits per heavy atom. The van der Waals surface area contributed by atoms with Crippen molar-refractivity contribution in [2.75, 3.05) is 18.9 Å². The quantitative estimate of drug-likeness (QED) is 0.661. The zero-order valence-corrected chi connectivity index (χ0v) is 8.67. The van der Waals surface area contributed by atoms with Gasteiger partial charge in [0.25, 0.3) is 0 Å². The van der Waals surface area contributed by atoms with Gasteiger partial charge in [-0.2, -0.15) is 0 Å². The molecule has 0 aliphatic carbocycles. The normalized spacial score (nSPS) is 30.1. The van der Waals surface area contributed by atoms with Crippen LogP contribution in [0.5, 0.6) is 0 Å². The maximum Gasteiger partial charge on any atom is 0.329 e. The number of nitrogens with one attached hydrogen (secondary N) is 1. The van der Waals surface area contributed by atoms with Crippen LogP contribution in [0.1, 0.15) is 6.92 Å². The first-order valence-corrected chi connectivity index (χ1v) is 5.63. The molecular weight excluding hydrogens is 204 g/mol. The largest absolute Gasteiger partial charge is 0.464 e. The number of fused-ring (bicyclic) bond motifs is 1. The van der Waals surface area contributed by atoms with Gasteiger partial charge in [-0.05, 0) is 6.92 Å². The summed E-state index contributed by atoms with van der Waals surface area (Å²) in [5, 5.41) is 2.82. The fraction of sp³-hybridized carbons (Fsp3) is 0.750. The van der Waals surface area contributed by atoms with Gasteiger partial charge in [0.2, 0.25) is 0 Å². The Balaban J connectivity index is 2.06. The number of carbonyl (C=O) groups excluding carboxylic acids is 2. The molecule has 14 heavy (non-hydrogen) atoms. The number of thioether (sulfide) groups is 1. The van der Waals surface area contributed by atoms with E-state index in [0.717, 1.165) is 0 Å². The highest BCUT2D eigenvalue weighted by atomic mass is 32.2. The van der Waals surface area contributed by atoms with Crippen molar-refractivity contribution >= 4 is 23.8 Å². The number of carbonyl (C=O) groups is 2. The first-order valence-electron chi connectivity index (χ1n) is 4.58. The third-order valence-electron chi connectivity index (χ3n) is 2.31.